The Balaban J connectivity index is 1.60. The molecule has 6 heteroatoms. The van der Waals surface area contributed by atoms with Crippen LogP contribution in [0, 0.1) is 20.8 Å². The number of aryl methyl sites for hydroxylation is 3. The number of nitrogens with zero attached hydrogens (tertiary/aromatic N) is 1. The predicted octanol–water partition coefficient (Wildman–Crippen LogP) is 5.46. The lowest BCUT2D eigenvalue weighted by Crippen LogP contribution is -2.30. The Hall–Kier alpha value is -3.64. The van der Waals surface area contributed by atoms with Gasteiger partial charge in [-0.1, -0.05) is 42.5 Å². The van der Waals surface area contributed by atoms with Crippen molar-refractivity contribution in [1.82, 2.24) is 5.32 Å². The molecule has 0 unspecified atom stereocenters. The van der Waals surface area contributed by atoms with Crippen LogP contribution in [0.2, 0.25) is 0 Å². The predicted molar refractivity (Wildman–Crippen MR) is 136 cm³/mol. The number of hydrogen-bond donors (Lipinski definition) is 1. The topological polar surface area (TPSA) is 50.8 Å². The molecule has 4 rings (SSSR count). The van der Waals surface area contributed by atoms with Crippen molar-refractivity contribution in [2.75, 3.05) is 12.0 Å². The zero-order valence-corrected chi connectivity index (χ0v) is 20.0. The number of nitrogens with one attached hydrogen (secondary N) is 1. The highest BCUT2D eigenvalue weighted by Crippen LogP contribution is 2.29. The molecule has 0 bridgehead atoms. The second kappa shape index (κ2) is 9.46. The number of thiocarbonyl (C=S) groups is 1. The van der Waals surface area contributed by atoms with Crippen LogP contribution in [-0.4, -0.2) is 18.1 Å². The van der Waals surface area contributed by atoms with E-state index in [4.69, 9.17) is 21.7 Å². The number of methoxy groups -OCH3 is 1. The summed E-state index contributed by atoms with van der Waals surface area (Å²) in [6, 6.07) is 19.5. The highest BCUT2D eigenvalue weighted by molar-refractivity contribution is 7.80. The number of amides is 1. The van der Waals surface area contributed by atoms with Gasteiger partial charge in [-0.3, -0.25) is 9.69 Å². The Morgan fingerprint density at radius 3 is 2.36 bits per heavy atom. The molecule has 0 radical (unpaired) electrons. The Morgan fingerprint density at radius 1 is 0.970 bits per heavy atom. The van der Waals surface area contributed by atoms with Crippen LogP contribution < -0.4 is 19.7 Å². The summed E-state index contributed by atoms with van der Waals surface area (Å²) < 4.78 is 11.7. The summed E-state index contributed by atoms with van der Waals surface area (Å²) in [4.78, 5) is 14.7. The van der Waals surface area contributed by atoms with Gasteiger partial charge in [-0.15, -0.1) is 0 Å². The van der Waals surface area contributed by atoms with Gasteiger partial charge in [0.1, 0.15) is 23.8 Å². The van der Waals surface area contributed by atoms with E-state index in [2.05, 4.69) is 5.32 Å². The largest absolute Gasteiger partial charge is 0.496 e. The smallest absolute Gasteiger partial charge is 0.281 e. The van der Waals surface area contributed by atoms with Gasteiger partial charge in [0, 0.05) is 5.56 Å². The van der Waals surface area contributed by atoms with E-state index in [0.29, 0.717) is 17.4 Å². The van der Waals surface area contributed by atoms with Gasteiger partial charge in [-0.2, -0.15) is 0 Å². The number of benzene rings is 3. The first-order valence-electron chi connectivity index (χ1n) is 10.7. The van der Waals surface area contributed by atoms with Gasteiger partial charge < -0.3 is 14.8 Å². The number of rotatable bonds is 6. The third kappa shape index (κ3) is 4.61. The van der Waals surface area contributed by atoms with Crippen molar-refractivity contribution in [3.63, 3.8) is 0 Å². The molecule has 0 aliphatic carbocycles. The summed E-state index contributed by atoms with van der Waals surface area (Å²) >= 11 is 5.45. The maximum absolute atomic E-state index is 13.1. The van der Waals surface area contributed by atoms with Crippen molar-refractivity contribution < 1.29 is 14.3 Å². The van der Waals surface area contributed by atoms with Gasteiger partial charge in [0.25, 0.3) is 5.91 Å². The first kappa shape index (κ1) is 22.6. The SMILES string of the molecule is COc1ccc(/C=C2/NC(=S)N(c3ccccc3C)C2=O)cc1COc1c(C)cccc1C. The second-order valence-corrected chi connectivity index (χ2v) is 8.38. The molecule has 3 aromatic rings. The summed E-state index contributed by atoms with van der Waals surface area (Å²) in [5.74, 6) is 1.42. The van der Waals surface area contributed by atoms with Gasteiger partial charge in [-0.25, -0.2) is 0 Å². The Labute approximate surface area is 199 Å². The summed E-state index contributed by atoms with van der Waals surface area (Å²) in [6.07, 6.45) is 1.80. The number of ether oxygens (including phenoxy) is 2. The maximum atomic E-state index is 13.1. The molecule has 1 fully saturated rings. The van der Waals surface area contributed by atoms with Crippen LogP contribution in [0.1, 0.15) is 27.8 Å². The molecule has 1 amide bonds. The third-order valence-corrected chi connectivity index (χ3v) is 5.92. The lowest BCUT2D eigenvalue weighted by atomic mass is 10.1. The monoisotopic (exact) mass is 458 g/mol. The molecule has 1 heterocycles. The highest BCUT2D eigenvalue weighted by Gasteiger charge is 2.32. The van der Waals surface area contributed by atoms with E-state index >= 15 is 0 Å². The van der Waals surface area contributed by atoms with Gasteiger partial charge >= 0.3 is 0 Å². The number of hydrogen-bond acceptors (Lipinski definition) is 4. The van der Waals surface area contributed by atoms with E-state index in [1.807, 2.05) is 81.4 Å². The van der Waals surface area contributed by atoms with Crippen LogP contribution in [0.5, 0.6) is 11.5 Å². The Morgan fingerprint density at radius 2 is 1.67 bits per heavy atom. The minimum absolute atomic E-state index is 0.182. The van der Waals surface area contributed by atoms with Crippen LogP contribution >= 0.6 is 12.2 Å². The Bertz CT molecular complexity index is 1250. The molecule has 0 aromatic heterocycles. The van der Waals surface area contributed by atoms with Crippen LogP contribution in [-0.2, 0) is 11.4 Å². The molecule has 0 saturated carbocycles. The molecular formula is C27H26N2O3S. The van der Waals surface area contributed by atoms with E-state index in [-0.39, 0.29) is 5.91 Å². The van der Waals surface area contributed by atoms with E-state index in [1.165, 1.54) is 4.90 Å². The molecule has 3 aromatic carbocycles. The Kier molecular flexibility index (Phi) is 6.47. The van der Waals surface area contributed by atoms with Gasteiger partial charge in [0.05, 0.1) is 12.8 Å². The quantitative estimate of drug-likeness (QED) is 0.393. The molecule has 0 atom stereocenters. The van der Waals surface area contributed by atoms with Gasteiger partial charge in [0.15, 0.2) is 5.11 Å². The third-order valence-electron chi connectivity index (χ3n) is 5.63. The van der Waals surface area contributed by atoms with Crippen molar-refractivity contribution in [1.29, 1.82) is 0 Å². The summed E-state index contributed by atoms with van der Waals surface area (Å²) in [6.45, 7) is 6.36. The molecule has 1 N–H and O–H groups in total. The maximum Gasteiger partial charge on any atom is 0.281 e. The molecular weight excluding hydrogens is 432 g/mol. The van der Waals surface area contributed by atoms with E-state index in [9.17, 15) is 4.79 Å². The molecule has 1 aliphatic rings. The number of anilines is 1. The van der Waals surface area contributed by atoms with Crippen LogP contribution in [0.4, 0.5) is 5.69 Å². The molecule has 0 spiro atoms. The van der Waals surface area contributed by atoms with Crippen LogP contribution in [0.15, 0.2) is 66.4 Å². The standard InChI is InChI=1S/C27H26N2O3S/c1-17-8-5-6-11-23(17)29-26(30)22(28-27(29)33)15-20-12-13-24(31-4)21(14-20)16-32-25-18(2)9-7-10-19(25)3/h5-15H,16H2,1-4H3,(H,28,33)/b22-15+. The number of carbonyl (C=O) groups is 1. The highest BCUT2D eigenvalue weighted by atomic mass is 32.1. The van der Waals surface area contributed by atoms with Crippen molar-refractivity contribution in [2.24, 2.45) is 0 Å². The second-order valence-electron chi connectivity index (χ2n) is 8.00. The summed E-state index contributed by atoms with van der Waals surface area (Å²) in [5, 5.41) is 3.42. The van der Waals surface area contributed by atoms with E-state index in [0.717, 1.165) is 45.0 Å². The number of carbonyl (C=O) groups excluding carboxylic acids is 1. The van der Waals surface area contributed by atoms with Crippen molar-refractivity contribution in [3.05, 3.63) is 94.2 Å². The fraction of sp³-hybridized carbons (Fsp3) is 0.185. The molecule has 1 aliphatic heterocycles. The zero-order valence-electron chi connectivity index (χ0n) is 19.1. The van der Waals surface area contributed by atoms with E-state index in [1.54, 1.807) is 13.2 Å². The summed E-state index contributed by atoms with van der Waals surface area (Å²) in [7, 11) is 1.64. The van der Waals surface area contributed by atoms with Crippen molar-refractivity contribution >= 4 is 35.0 Å². The van der Waals surface area contributed by atoms with Crippen LogP contribution in [0.3, 0.4) is 0 Å². The zero-order chi connectivity index (χ0) is 23.5. The molecule has 5 nitrogen and oxygen atoms in total. The fourth-order valence-electron chi connectivity index (χ4n) is 3.91. The minimum atomic E-state index is -0.182. The van der Waals surface area contributed by atoms with Gasteiger partial charge in [0.2, 0.25) is 0 Å². The average molecular weight is 459 g/mol. The summed E-state index contributed by atoms with van der Waals surface area (Å²) in [5.41, 5.74) is 6.08. The lowest BCUT2D eigenvalue weighted by molar-refractivity contribution is -0.113. The number of para-hydroxylation sites is 2. The average Bonchev–Trinajstić information content (AvgIpc) is 3.06. The van der Waals surface area contributed by atoms with E-state index < -0.39 is 0 Å². The van der Waals surface area contributed by atoms with Crippen molar-refractivity contribution in [3.8, 4) is 11.5 Å². The first-order chi connectivity index (χ1) is 15.9. The fourth-order valence-corrected chi connectivity index (χ4v) is 4.20. The van der Waals surface area contributed by atoms with Gasteiger partial charge in [-0.05, 0) is 79.5 Å². The normalized spacial score (nSPS) is 14.5. The molecule has 1 saturated heterocycles. The lowest BCUT2D eigenvalue weighted by Gasteiger charge is -2.16. The van der Waals surface area contributed by atoms with Crippen LogP contribution in [0.25, 0.3) is 6.08 Å². The molecule has 33 heavy (non-hydrogen) atoms. The first-order valence-corrected chi connectivity index (χ1v) is 11.1. The minimum Gasteiger partial charge on any atom is -0.496 e. The molecule has 168 valence electrons. The van der Waals surface area contributed by atoms with Crippen molar-refractivity contribution in [2.45, 2.75) is 27.4 Å².